The lowest BCUT2D eigenvalue weighted by atomic mass is 9.97. The van der Waals surface area contributed by atoms with Crippen molar-refractivity contribution in [2.75, 3.05) is 7.11 Å². The number of carboxylic acid groups (broad SMARTS) is 1. The molecule has 2 aromatic carbocycles. The van der Waals surface area contributed by atoms with E-state index in [0.717, 1.165) is 11.1 Å². The molecule has 98 valence electrons. The first-order valence-corrected chi connectivity index (χ1v) is 5.85. The molecule has 4 nitrogen and oxygen atoms in total. The topological polar surface area (TPSA) is 72.5 Å². The van der Waals surface area contributed by atoms with E-state index in [-0.39, 0.29) is 5.56 Å². The van der Waals surface area contributed by atoms with E-state index < -0.39 is 12.0 Å². The third kappa shape index (κ3) is 2.74. The molecular formula is C15H15NO3. The van der Waals surface area contributed by atoms with Crippen LogP contribution in [0.25, 0.3) is 0 Å². The molecule has 0 fully saturated rings. The van der Waals surface area contributed by atoms with Gasteiger partial charge in [0.25, 0.3) is 0 Å². The van der Waals surface area contributed by atoms with Crippen LogP contribution >= 0.6 is 0 Å². The second kappa shape index (κ2) is 5.54. The molecule has 2 aromatic rings. The monoisotopic (exact) mass is 257 g/mol. The molecular weight excluding hydrogens is 242 g/mol. The second-order valence-corrected chi connectivity index (χ2v) is 4.15. The van der Waals surface area contributed by atoms with Crippen LogP contribution in [-0.4, -0.2) is 18.2 Å². The molecule has 19 heavy (non-hydrogen) atoms. The quantitative estimate of drug-likeness (QED) is 0.882. The first-order chi connectivity index (χ1) is 9.13. The van der Waals surface area contributed by atoms with Crippen LogP contribution in [0.4, 0.5) is 0 Å². The van der Waals surface area contributed by atoms with Gasteiger partial charge in [0.15, 0.2) is 0 Å². The summed E-state index contributed by atoms with van der Waals surface area (Å²) in [7, 11) is 1.58. The highest BCUT2D eigenvalue weighted by Crippen LogP contribution is 2.28. The molecule has 0 saturated heterocycles. The molecule has 0 saturated carbocycles. The van der Waals surface area contributed by atoms with Gasteiger partial charge in [-0.25, -0.2) is 4.79 Å². The SMILES string of the molecule is COc1ccccc1C(N)c1cccc(C(=O)O)c1. The summed E-state index contributed by atoms with van der Waals surface area (Å²) in [6.45, 7) is 0. The molecule has 0 heterocycles. The Morgan fingerprint density at radius 2 is 1.95 bits per heavy atom. The summed E-state index contributed by atoms with van der Waals surface area (Å²) in [4.78, 5) is 11.0. The third-order valence-corrected chi connectivity index (χ3v) is 2.97. The Bertz CT molecular complexity index is 595. The average Bonchev–Trinajstić information content (AvgIpc) is 2.46. The molecule has 0 aliphatic carbocycles. The van der Waals surface area contributed by atoms with Crippen LogP contribution in [0.3, 0.4) is 0 Å². The van der Waals surface area contributed by atoms with Crippen molar-refractivity contribution in [1.29, 1.82) is 0 Å². The van der Waals surface area contributed by atoms with Crippen LogP contribution in [0.5, 0.6) is 5.75 Å². The number of carbonyl (C=O) groups is 1. The minimum atomic E-state index is -0.964. The number of nitrogens with two attached hydrogens (primary N) is 1. The number of aromatic carboxylic acids is 1. The summed E-state index contributed by atoms with van der Waals surface area (Å²) in [6, 6.07) is 13.6. The van der Waals surface area contributed by atoms with Crippen LogP contribution in [0.1, 0.15) is 27.5 Å². The number of carboxylic acids is 1. The summed E-state index contributed by atoms with van der Waals surface area (Å²) in [6.07, 6.45) is 0. The first kappa shape index (κ1) is 13.1. The fraction of sp³-hybridized carbons (Fsp3) is 0.133. The largest absolute Gasteiger partial charge is 0.496 e. The number of ether oxygens (including phenoxy) is 1. The summed E-state index contributed by atoms with van der Waals surface area (Å²) >= 11 is 0. The van der Waals surface area contributed by atoms with Gasteiger partial charge in [0.05, 0.1) is 18.7 Å². The molecule has 0 bridgehead atoms. The number of methoxy groups -OCH3 is 1. The Morgan fingerprint density at radius 1 is 1.21 bits per heavy atom. The summed E-state index contributed by atoms with van der Waals surface area (Å²) < 4.78 is 5.27. The van der Waals surface area contributed by atoms with Crippen molar-refractivity contribution in [2.45, 2.75) is 6.04 Å². The predicted octanol–water partition coefficient (Wildman–Crippen LogP) is 2.44. The molecule has 0 amide bonds. The van der Waals surface area contributed by atoms with Crippen molar-refractivity contribution in [3.8, 4) is 5.75 Å². The number of para-hydroxylation sites is 1. The summed E-state index contributed by atoms with van der Waals surface area (Å²) in [5.74, 6) is -0.273. The number of rotatable bonds is 4. The molecule has 0 aliphatic rings. The van der Waals surface area contributed by atoms with Crippen molar-refractivity contribution in [1.82, 2.24) is 0 Å². The van der Waals surface area contributed by atoms with Crippen LogP contribution in [-0.2, 0) is 0 Å². The maximum Gasteiger partial charge on any atom is 0.335 e. The number of hydrogen-bond donors (Lipinski definition) is 2. The van der Waals surface area contributed by atoms with Gasteiger partial charge in [-0.1, -0.05) is 30.3 Å². The normalized spacial score (nSPS) is 11.9. The van der Waals surface area contributed by atoms with Crippen LogP contribution in [0.15, 0.2) is 48.5 Å². The molecule has 4 heteroatoms. The third-order valence-electron chi connectivity index (χ3n) is 2.97. The van der Waals surface area contributed by atoms with E-state index in [9.17, 15) is 4.79 Å². The fourth-order valence-electron chi connectivity index (χ4n) is 1.97. The highest BCUT2D eigenvalue weighted by atomic mass is 16.5. The molecule has 2 rings (SSSR count). The Morgan fingerprint density at radius 3 is 2.63 bits per heavy atom. The van der Waals surface area contributed by atoms with Crippen molar-refractivity contribution in [2.24, 2.45) is 5.73 Å². The average molecular weight is 257 g/mol. The van der Waals surface area contributed by atoms with E-state index in [1.807, 2.05) is 30.3 Å². The van der Waals surface area contributed by atoms with Gasteiger partial charge >= 0.3 is 5.97 Å². The van der Waals surface area contributed by atoms with Gasteiger partial charge in [0, 0.05) is 5.56 Å². The maximum absolute atomic E-state index is 11.0. The molecule has 1 unspecified atom stereocenters. The van der Waals surface area contributed by atoms with E-state index in [1.165, 1.54) is 0 Å². The zero-order valence-corrected chi connectivity index (χ0v) is 10.5. The van der Waals surface area contributed by atoms with Gasteiger partial charge in [0.2, 0.25) is 0 Å². The van der Waals surface area contributed by atoms with E-state index in [4.69, 9.17) is 15.6 Å². The lowest BCUT2D eigenvalue weighted by Crippen LogP contribution is -2.13. The van der Waals surface area contributed by atoms with E-state index in [0.29, 0.717) is 5.75 Å². The Hall–Kier alpha value is -2.33. The highest BCUT2D eigenvalue weighted by Gasteiger charge is 2.14. The Kier molecular flexibility index (Phi) is 3.82. The van der Waals surface area contributed by atoms with Crippen LogP contribution in [0.2, 0.25) is 0 Å². The fourth-order valence-corrected chi connectivity index (χ4v) is 1.97. The zero-order valence-electron chi connectivity index (χ0n) is 10.5. The Balaban J connectivity index is 2.41. The van der Waals surface area contributed by atoms with E-state index in [1.54, 1.807) is 25.3 Å². The molecule has 0 radical (unpaired) electrons. The Labute approximate surface area is 111 Å². The number of benzene rings is 2. The van der Waals surface area contributed by atoms with Gasteiger partial charge in [-0.2, -0.15) is 0 Å². The lowest BCUT2D eigenvalue weighted by molar-refractivity contribution is 0.0697. The minimum Gasteiger partial charge on any atom is -0.496 e. The lowest BCUT2D eigenvalue weighted by Gasteiger charge is -2.16. The standard InChI is InChI=1S/C15H15NO3/c1-19-13-8-3-2-7-12(13)14(16)10-5-4-6-11(9-10)15(17)18/h2-9,14H,16H2,1H3,(H,17,18). The smallest absolute Gasteiger partial charge is 0.335 e. The van der Waals surface area contributed by atoms with Gasteiger partial charge in [0.1, 0.15) is 5.75 Å². The van der Waals surface area contributed by atoms with Gasteiger partial charge in [-0.15, -0.1) is 0 Å². The summed E-state index contributed by atoms with van der Waals surface area (Å²) in [5, 5.41) is 9.00. The van der Waals surface area contributed by atoms with Crippen molar-refractivity contribution < 1.29 is 14.6 Å². The molecule has 0 spiro atoms. The molecule has 3 N–H and O–H groups in total. The van der Waals surface area contributed by atoms with Crippen molar-refractivity contribution in [3.05, 3.63) is 65.2 Å². The minimum absolute atomic E-state index is 0.225. The molecule has 0 aliphatic heterocycles. The van der Waals surface area contributed by atoms with Crippen molar-refractivity contribution in [3.63, 3.8) is 0 Å². The predicted molar refractivity (Wildman–Crippen MR) is 72.4 cm³/mol. The highest BCUT2D eigenvalue weighted by molar-refractivity contribution is 5.87. The van der Waals surface area contributed by atoms with Crippen LogP contribution < -0.4 is 10.5 Å². The molecule has 0 aromatic heterocycles. The van der Waals surface area contributed by atoms with Gasteiger partial charge in [-0.05, 0) is 23.8 Å². The van der Waals surface area contributed by atoms with Gasteiger partial charge < -0.3 is 15.6 Å². The first-order valence-electron chi connectivity index (χ1n) is 5.85. The maximum atomic E-state index is 11.0. The van der Waals surface area contributed by atoms with Crippen LogP contribution in [0, 0.1) is 0 Å². The number of hydrogen-bond acceptors (Lipinski definition) is 3. The van der Waals surface area contributed by atoms with Crippen molar-refractivity contribution >= 4 is 5.97 Å². The van der Waals surface area contributed by atoms with Gasteiger partial charge in [-0.3, -0.25) is 0 Å². The van der Waals surface area contributed by atoms with E-state index >= 15 is 0 Å². The molecule has 1 atom stereocenters. The summed E-state index contributed by atoms with van der Waals surface area (Å²) in [5.41, 5.74) is 7.98. The van der Waals surface area contributed by atoms with E-state index in [2.05, 4.69) is 0 Å². The zero-order chi connectivity index (χ0) is 13.8. The second-order valence-electron chi connectivity index (χ2n) is 4.15.